The van der Waals surface area contributed by atoms with Crippen LogP contribution in [0, 0.1) is 5.92 Å². The van der Waals surface area contributed by atoms with Crippen molar-refractivity contribution in [3.8, 4) is 17.2 Å². The van der Waals surface area contributed by atoms with E-state index in [9.17, 15) is 5.11 Å². The number of ether oxygens (including phenoxy) is 3. The van der Waals surface area contributed by atoms with Crippen molar-refractivity contribution in [2.75, 3.05) is 27.9 Å². The first-order chi connectivity index (χ1) is 15.0. The molecule has 1 saturated carbocycles. The number of likely N-dealkylation sites (tertiary alicyclic amines) is 1. The van der Waals surface area contributed by atoms with Gasteiger partial charge in [0, 0.05) is 30.1 Å². The number of benzene rings is 2. The standard InChI is InChI=1S/C25H32ClNO4/c1-29-21-14-18(15-22(30-2)24(21)31-3)23-19-9-6-7-11-25(19,28)12-13-27(23)16-17-8-4-5-10-20(17)26/h4-5,8,10,14-15,19,23,28H,6-7,9,11-13,16H2,1-3H3/t19-,23+,25-/m0/s1. The minimum absolute atomic E-state index is 0.0315. The molecule has 0 spiro atoms. The number of methoxy groups -OCH3 is 3. The molecule has 2 aliphatic rings. The summed E-state index contributed by atoms with van der Waals surface area (Å²) in [4.78, 5) is 2.45. The van der Waals surface area contributed by atoms with Gasteiger partial charge >= 0.3 is 0 Å². The maximum Gasteiger partial charge on any atom is 0.203 e. The van der Waals surface area contributed by atoms with Crippen molar-refractivity contribution in [1.82, 2.24) is 4.90 Å². The highest BCUT2D eigenvalue weighted by Crippen LogP contribution is 2.52. The van der Waals surface area contributed by atoms with E-state index in [0.29, 0.717) is 17.2 Å². The highest BCUT2D eigenvalue weighted by atomic mass is 35.5. The van der Waals surface area contributed by atoms with E-state index in [-0.39, 0.29) is 12.0 Å². The van der Waals surface area contributed by atoms with Crippen LogP contribution in [0.1, 0.15) is 49.3 Å². The van der Waals surface area contributed by atoms with Crippen LogP contribution < -0.4 is 14.2 Å². The lowest BCUT2D eigenvalue weighted by molar-refractivity contribution is -0.126. The van der Waals surface area contributed by atoms with Gasteiger partial charge in [0.05, 0.1) is 26.9 Å². The zero-order chi connectivity index (χ0) is 22.0. The van der Waals surface area contributed by atoms with Gasteiger partial charge in [0.1, 0.15) is 0 Å². The Morgan fingerprint density at radius 1 is 1.03 bits per heavy atom. The van der Waals surface area contributed by atoms with Crippen LogP contribution in [-0.2, 0) is 6.54 Å². The number of nitrogens with zero attached hydrogens (tertiary/aromatic N) is 1. The number of aliphatic hydroxyl groups is 1. The fourth-order valence-electron chi connectivity index (χ4n) is 5.48. The van der Waals surface area contributed by atoms with Crippen LogP contribution in [0.25, 0.3) is 0 Å². The topological polar surface area (TPSA) is 51.2 Å². The van der Waals surface area contributed by atoms with E-state index in [1.54, 1.807) is 21.3 Å². The summed E-state index contributed by atoms with van der Waals surface area (Å²) in [6, 6.07) is 12.1. The summed E-state index contributed by atoms with van der Waals surface area (Å²) in [5, 5.41) is 12.3. The monoisotopic (exact) mass is 445 g/mol. The van der Waals surface area contributed by atoms with E-state index in [1.165, 1.54) is 0 Å². The molecule has 1 heterocycles. The largest absolute Gasteiger partial charge is 0.493 e. The van der Waals surface area contributed by atoms with Crippen molar-refractivity contribution in [1.29, 1.82) is 0 Å². The molecular weight excluding hydrogens is 414 g/mol. The summed E-state index contributed by atoms with van der Waals surface area (Å²) >= 11 is 6.50. The van der Waals surface area contributed by atoms with Gasteiger partial charge in [-0.15, -0.1) is 0 Å². The van der Waals surface area contributed by atoms with Gasteiger partial charge < -0.3 is 19.3 Å². The van der Waals surface area contributed by atoms with Crippen LogP contribution in [0.4, 0.5) is 0 Å². The van der Waals surface area contributed by atoms with Crippen molar-refractivity contribution >= 4 is 11.6 Å². The van der Waals surface area contributed by atoms with Crippen molar-refractivity contribution in [3.63, 3.8) is 0 Å². The third-order valence-corrected chi connectivity index (χ3v) is 7.40. The molecule has 31 heavy (non-hydrogen) atoms. The molecule has 2 aromatic carbocycles. The third-order valence-electron chi connectivity index (χ3n) is 7.03. The summed E-state index contributed by atoms with van der Waals surface area (Å²) < 4.78 is 16.8. The first kappa shape index (κ1) is 22.3. The molecule has 2 fully saturated rings. The first-order valence-electron chi connectivity index (χ1n) is 11.0. The Kier molecular flexibility index (Phi) is 6.65. The third kappa shape index (κ3) is 4.23. The van der Waals surface area contributed by atoms with E-state index in [4.69, 9.17) is 25.8 Å². The molecule has 1 saturated heterocycles. The molecule has 0 radical (unpaired) electrons. The lowest BCUT2D eigenvalue weighted by Gasteiger charge is -2.53. The molecule has 1 aliphatic heterocycles. The summed E-state index contributed by atoms with van der Waals surface area (Å²) in [5.74, 6) is 2.00. The van der Waals surface area contributed by atoms with Gasteiger partial charge in [-0.3, -0.25) is 4.90 Å². The van der Waals surface area contributed by atoms with E-state index in [0.717, 1.165) is 61.3 Å². The van der Waals surface area contributed by atoms with Gasteiger partial charge in [0.15, 0.2) is 11.5 Å². The molecule has 3 atom stereocenters. The molecule has 0 amide bonds. The van der Waals surface area contributed by atoms with Crippen LogP contribution in [0.2, 0.25) is 5.02 Å². The minimum atomic E-state index is -0.639. The van der Waals surface area contributed by atoms with Gasteiger partial charge in [-0.05, 0) is 48.6 Å². The summed E-state index contributed by atoms with van der Waals surface area (Å²) in [6.45, 7) is 1.53. The average molecular weight is 446 g/mol. The van der Waals surface area contributed by atoms with E-state index in [2.05, 4.69) is 11.0 Å². The van der Waals surface area contributed by atoms with Crippen LogP contribution in [-0.4, -0.2) is 43.5 Å². The fourth-order valence-corrected chi connectivity index (χ4v) is 5.68. The molecule has 0 aromatic heterocycles. The second-order valence-corrected chi connectivity index (χ2v) is 9.08. The van der Waals surface area contributed by atoms with Crippen LogP contribution in [0.5, 0.6) is 17.2 Å². The molecule has 0 unspecified atom stereocenters. The normalized spacial score (nSPS) is 26.2. The lowest BCUT2D eigenvalue weighted by Crippen LogP contribution is -2.54. The highest BCUT2D eigenvalue weighted by Gasteiger charge is 2.49. The Balaban J connectivity index is 1.79. The molecule has 2 aromatic rings. The number of rotatable bonds is 6. The Morgan fingerprint density at radius 2 is 1.74 bits per heavy atom. The summed E-state index contributed by atoms with van der Waals surface area (Å²) in [6.07, 6.45) is 4.85. The molecule has 1 N–H and O–H groups in total. The van der Waals surface area contributed by atoms with Crippen molar-refractivity contribution in [2.45, 2.75) is 50.3 Å². The van der Waals surface area contributed by atoms with E-state index < -0.39 is 5.60 Å². The molecule has 4 rings (SSSR count). The van der Waals surface area contributed by atoms with Gasteiger partial charge in [0.2, 0.25) is 5.75 Å². The Labute approximate surface area is 189 Å². The van der Waals surface area contributed by atoms with E-state index in [1.807, 2.05) is 30.3 Å². The van der Waals surface area contributed by atoms with Crippen molar-refractivity contribution in [2.24, 2.45) is 5.92 Å². The fraction of sp³-hybridized carbons (Fsp3) is 0.520. The molecule has 1 aliphatic carbocycles. The number of fused-ring (bicyclic) bond motifs is 1. The van der Waals surface area contributed by atoms with Crippen molar-refractivity contribution < 1.29 is 19.3 Å². The molecule has 5 nitrogen and oxygen atoms in total. The molecular formula is C25H32ClNO4. The number of hydrogen-bond donors (Lipinski definition) is 1. The first-order valence-corrected chi connectivity index (χ1v) is 11.4. The number of hydrogen-bond acceptors (Lipinski definition) is 5. The quantitative estimate of drug-likeness (QED) is 0.659. The predicted octanol–water partition coefficient (Wildman–Crippen LogP) is 5.23. The maximum absolute atomic E-state index is 11.6. The Bertz CT molecular complexity index is 895. The Morgan fingerprint density at radius 3 is 2.39 bits per heavy atom. The molecule has 168 valence electrons. The lowest BCUT2D eigenvalue weighted by atomic mass is 9.66. The van der Waals surface area contributed by atoms with Gasteiger partial charge in [-0.2, -0.15) is 0 Å². The number of piperidine rings is 1. The minimum Gasteiger partial charge on any atom is -0.493 e. The van der Waals surface area contributed by atoms with E-state index >= 15 is 0 Å². The zero-order valence-corrected chi connectivity index (χ0v) is 19.3. The second kappa shape index (κ2) is 9.27. The molecule has 6 heteroatoms. The van der Waals surface area contributed by atoms with Crippen LogP contribution in [0.15, 0.2) is 36.4 Å². The smallest absolute Gasteiger partial charge is 0.203 e. The van der Waals surface area contributed by atoms with Crippen LogP contribution in [0.3, 0.4) is 0 Å². The highest BCUT2D eigenvalue weighted by molar-refractivity contribution is 6.31. The molecule has 0 bridgehead atoms. The predicted molar refractivity (Wildman–Crippen MR) is 122 cm³/mol. The van der Waals surface area contributed by atoms with Gasteiger partial charge in [0.25, 0.3) is 0 Å². The summed E-state index contributed by atoms with van der Waals surface area (Å²) in [7, 11) is 4.89. The zero-order valence-electron chi connectivity index (χ0n) is 18.6. The van der Waals surface area contributed by atoms with Gasteiger partial charge in [-0.1, -0.05) is 42.6 Å². The maximum atomic E-state index is 11.6. The van der Waals surface area contributed by atoms with Gasteiger partial charge in [-0.25, -0.2) is 0 Å². The van der Waals surface area contributed by atoms with Crippen molar-refractivity contribution in [3.05, 3.63) is 52.5 Å². The SMILES string of the molecule is COc1cc([C@@H]2[C@@H]3CCCC[C@]3(O)CCN2Cc2ccccc2Cl)cc(OC)c1OC. The van der Waals surface area contributed by atoms with Crippen LogP contribution >= 0.6 is 11.6 Å². The average Bonchev–Trinajstić information content (AvgIpc) is 2.79. The number of halogens is 1. The Hall–Kier alpha value is -1.95. The summed E-state index contributed by atoms with van der Waals surface area (Å²) in [5.41, 5.74) is 1.54. The second-order valence-electron chi connectivity index (χ2n) is 8.67.